The Bertz CT molecular complexity index is 929. The number of nitrogens with one attached hydrogen (secondary N) is 2. The Morgan fingerprint density at radius 2 is 1.67 bits per heavy atom. The first-order valence-electron chi connectivity index (χ1n) is 11.1. The highest BCUT2D eigenvalue weighted by atomic mass is 32.1. The van der Waals surface area contributed by atoms with Gasteiger partial charge in [0, 0.05) is 18.7 Å². The topological polar surface area (TPSA) is 42.1 Å². The lowest BCUT2D eigenvalue weighted by Gasteiger charge is -2.35. The summed E-state index contributed by atoms with van der Waals surface area (Å²) in [6.45, 7) is 10.8. The first-order chi connectivity index (χ1) is 14.7. The maximum atomic E-state index is 13.4. The van der Waals surface area contributed by atoms with Crippen LogP contribution < -0.4 is 9.80 Å². The number of carbonyl (C=O) groups is 1. The second kappa shape index (κ2) is 9.69. The Labute approximate surface area is 182 Å². The van der Waals surface area contributed by atoms with Gasteiger partial charge in [-0.1, -0.05) is 42.5 Å². The number of benzene rings is 2. The lowest BCUT2D eigenvalue weighted by atomic mass is 10.0. The summed E-state index contributed by atoms with van der Waals surface area (Å²) in [5, 5.41) is 1.22. The number of nitrogens with zero attached hydrogens (tertiary/aromatic N) is 2. The van der Waals surface area contributed by atoms with E-state index in [4.69, 9.17) is 4.98 Å². The van der Waals surface area contributed by atoms with E-state index in [2.05, 4.69) is 50.2 Å². The number of carbonyl (C=O) groups excluding carboxylic acids is 1. The van der Waals surface area contributed by atoms with E-state index >= 15 is 0 Å². The van der Waals surface area contributed by atoms with E-state index < -0.39 is 0 Å². The van der Waals surface area contributed by atoms with Gasteiger partial charge < -0.3 is 14.7 Å². The number of aromatic nitrogens is 1. The largest absolute Gasteiger partial charge is 0.338 e. The summed E-state index contributed by atoms with van der Waals surface area (Å²) in [6.07, 6.45) is 0. The van der Waals surface area contributed by atoms with E-state index in [1.165, 1.54) is 14.6 Å². The maximum Gasteiger partial charge on any atom is 0.285 e. The molecule has 2 aromatic carbocycles. The highest BCUT2D eigenvalue weighted by molar-refractivity contribution is 7.18. The third-order valence-corrected chi connectivity index (χ3v) is 7.24. The standard InChI is InChI=1S/C24H30N4OS/c1-3-27(4-2)24(29)23(19-10-6-5-7-11-19)28-16-14-26(15-17-28)18-22-25-20-12-8-9-13-21(20)30-22/h5-13,23H,3-4,14-18H2,1-2H3/p+2/t23-/m1/s1. The zero-order chi connectivity index (χ0) is 20.9. The van der Waals surface area contributed by atoms with Crippen molar-refractivity contribution in [3.63, 3.8) is 0 Å². The van der Waals surface area contributed by atoms with E-state index in [1.807, 2.05) is 34.4 Å². The molecule has 0 unspecified atom stereocenters. The molecule has 1 aromatic heterocycles. The van der Waals surface area contributed by atoms with Crippen molar-refractivity contribution in [2.75, 3.05) is 39.3 Å². The SMILES string of the molecule is CCN(CC)C(=O)[C@@H](c1ccccc1)[NH+]1CC[NH+](Cc2nc3ccccc3s2)CC1. The van der Waals surface area contributed by atoms with Crippen LogP contribution in [0, 0.1) is 0 Å². The fourth-order valence-corrected chi connectivity index (χ4v) is 5.55. The molecule has 5 nitrogen and oxygen atoms in total. The summed E-state index contributed by atoms with van der Waals surface area (Å²) in [4.78, 5) is 23.1. The van der Waals surface area contributed by atoms with Crippen LogP contribution in [0.1, 0.15) is 30.5 Å². The number of piperazine rings is 1. The highest BCUT2D eigenvalue weighted by Crippen LogP contribution is 2.20. The zero-order valence-electron chi connectivity index (χ0n) is 17.9. The van der Waals surface area contributed by atoms with Gasteiger partial charge in [0.25, 0.3) is 5.91 Å². The molecule has 0 bridgehead atoms. The quantitative estimate of drug-likeness (QED) is 0.598. The maximum absolute atomic E-state index is 13.4. The summed E-state index contributed by atoms with van der Waals surface area (Å²) >= 11 is 1.81. The molecule has 1 saturated heterocycles. The monoisotopic (exact) mass is 424 g/mol. The third-order valence-electron chi connectivity index (χ3n) is 6.20. The van der Waals surface area contributed by atoms with Crippen LogP contribution in [-0.4, -0.2) is 55.1 Å². The van der Waals surface area contributed by atoms with Gasteiger partial charge in [-0.15, -0.1) is 11.3 Å². The average molecular weight is 425 g/mol. The van der Waals surface area contributed by atoms with Crippen LogP contribution >= 0.6 is 11.3 Å². The van der Waals surface area contributed by atoms with Gasteiger partial charge in [0.1, 0.15) is 37.7 Å². The number of rotatable bonds is 7. The summed E-state index contributed by atoms with van der Waals surface area (Å²) in [5.74, 6) is 0.260. The van der Waals surface area contributed by atoms with Crippen LogP contribution in [0.4, 0.5) is 0 Å². The van der Waals surface area contributed by atoms with E-state index in [0.717, 1.165) is 56.9 Å². The van der Waals surface area contributed by atoms with Gasteiger partial charge in [0.05, 0.1) is 10.2 Å². The van der Waals surface area contributed by atoms with Crippen molar-refractivity contribution in [2.24, 2.45) is 0 Å². The van der Waals surface area contributed by atoms with Crippen molar-refractivity contribution in [1.29, 1.82) is 0 Å². The first-order valence-corrected chi connectivity index (χ1v) is 11.9. The van der Waals surface area contributed by atoms with E-state index in [0.29, 0.717) is 0 Å². The number of amides is 1. The molecule has 158 valence electrons. The Hall–Kier alpha value is -2.28. The van der Waals surface area contributed by atoms with Crippen molar-refractivity contribution in [2.45, 2.75) is 26.4 Å². The van der Waals surface area contributed by atoms with Crippen LogP contribution in [0.15, 0.2) is 54.6 Å². The Balaban J connectivity index is 1.45. The van der Waals surface area contributed by atoms with Gasteiger partial charge >= 0.3 is 0 Å². The summed E-state index contributed by atoms with van der Waals surface area (Å²) in [7, 11) is 0. The molecule has 1 amide bonds. The van der Waals surface area contributed by atoms with E-state index in [1.54, 1.807) is 4.90 Å². The number of likely N-dealkylation sites (N-methyl/N-ethyl adjacent to an activating group) is 1. The molecule has 6 heteroatoms. The minimum atomic E-state index is -0.102. The molecule has 1 aliphatic heterocycles. The predicted molar refractivity (Wildman–Crippen MR) is 122 cm³/mol. The summed E-state index contributed by atoms with van der Waals surface area (Å²) < 4.78 is 1.27. The molecule has 0 aliphatic carbocycles. The molecule has 3 aromatic rings. The Morgan fingerprint density at radius 1 is 1.00 bits per heavy atom. The van der Waals surface area contributed by atoms with Gasteiger partial charge in [0.15, 0.2) is 6.04 Å². The predicted octanol–water partition coefficient (Wildman–Crippen LogP) is 1.19. The van der Waals surface area contributed by atoms with Crippen molar-refractivity contribution in [3.8, 4) is 0 Å². The van der Waals surface area contributed by atoms with E-state index in [9.17, 15) is 4.79 Å². The van der Waals surface area contributed by atoms with Crippen molar-refractivity contribution in [3.05, 3.63) is 65.2 Å². The molecule has 2 heterocycles. The number of thiazole rings is 1. The smallest absolute Gasteiger partial charge is 0.285 e. The number of para-hydroxylation sites is 1. The average Bonchev–Trinajstić information content (AvgIpc) is 3.19. The van der Waals surface area contributed by atoms with Crippen LogP contribution in [0.5, 0.6) is 0 Å². The Morgan fingerprint density at radius 3 is 2.33 bits per heavy atom. The summed E-state index contributed by atoms with van der Waals surface area (Å²) in [6, 6.07) is 18.6. The fraction of sp³-hybridized carbons (Fsp3) is 0.417. The fourth-order valence-electron chi connectivity index (χ4n) is 4.52. The molecule has 30 heavy (non-hydrogen) atoms. The molecule has 4 rings (SSSR count). The molecule has 0 spiro atoms. The van der Waals surface area contributed by atoms with Crippen LogP contribution in [-0.2, 0) is 11.3 Å². The van der Waals surface area contributed by atoms with Crippen LogP contribution in [0.2, 0.25) is 0 Å². The lowest BCUT2D eigenvalue weighted by Crippen LogP contribution is -3.28. The molecular weight excluding hydrogens is 392 g/mol. The molecular formula is C24H32N4OS+2. The van der Waals surface area contributed by atoms with Gasteiger partial charge in [-0.05, 0) is 26.0 Å². The van der Waals surface area contributed by atoms with Crippen molar-refractivity contribution in [1.82, 2.24) is 9.88 Å². The molecule has 1 aliphatic rings. The number of hydrogen-bond acceptors (Lipinski definition) is 3. The normalized spacial score (nSPS) is 20.2. The van der Waals surface area contributed by atoms with Gasteiger partial charge in [-0.3, -0.25) is 4.79 Å². The lowest BCUT2D eigenvalue weighted by molar-refractivity contribution is -1.03. The zero-order valence-corrected chi connectivity index (χ0v) is 18.8. The molecule has 2 N–H and O–H groups in total. The number of fused-ring (bicyclic) bond motifs is 1. The Kier molecular flexibility index (Phi) is 6.77. The molecule has 1 fully saturated rings. The second-order valence-electron chi connectivity index (χ2n) is 8.01. The number of hydrogen-bond donors (Lipinski definition) is 2. The van der Waals surface area contributed by atoms with Crippen LogP contribution in [0.25, 0.3) is 10.2 Å². The minimum Gasteiger partial charge on any atom is -0.338 e. The molecule has 0 saturated carbocycles. The first kappa shape index (κ1) is 21.0. The minimum absolute atomic E-state index is 0.102. The second-order valence-corrected chi connectivity index (χ2v) is 9.13. The summed E-state index contributed by atoms with van der Waals surface area (Å²) in [5.41, 5.74) is 2.24. The van der Waals surface area contributed by atoms with Gasteiger partial charge in [0.2, 0.25) is 0 Å². The van der Waals surface area contributed by atoms with Gasteiger partial charge in [-0.25, -0.2) is 4.98 Å². The van der Waals surface area contributed by atoms with Crippen LogP contribution in [0.3, 0.4) is 0 Å². The molecule has 0 radical (unpaired) electrons. The van der Waals surface area contributed by atoms with Crippen molar-refractivity contribution >= 4 is 27.5 Å². The highest BCUT2D eigenvalue weighted by Gasteiger charge is 2.37. The molecule has 1 atom stereocenters. The number of quaternary nitrogens is 2. The van der Waals surface area contributed by atoms with E-state index in [-0.39, 0.29) is 11.9 Å². The van der Waals surface area contributed by atoms with Crippen molar-refractivity contribution < 1.29 is 14.6 Å². The third kappa shape index (κ3) is 4.56. The van der Waals surface area contributed by atoms with Gasteiger partial charge in [-0.2, -0.15) is 0 Å².